The Morgan fingerprint density at radius 3 is 2.23 bits per heavy atom. The molecule has 0 aliphatic rings. The van der Waals surface area contributed by atoms with Crippen molar-refractivity contribution in [1.29, 1.82) is 0 Å². The Morgan fingerprint density at radius 1 is 0.923 bits per heavy atom. The quantitative estimate of drug-likeness (QED) is 0.629. The van der Waals surface area contributed by atoms with Crippen LogP contribution in [-0.4, -0.2) is 17.1 Å². The molecule has 0 saturated heterocycles. The minimum Gasteiger partial charge on any atom is -0.386 e. The average Bonchev–Trinajstić information content (AvgIpc) is 2.65. The van der Waals surface area contributed by atoms with E-state index in [4.69, 9.17) is 23.2 Å². The van der Waals surface area contributed by atoms with Crippen LogP contribution < -0.4 is 5.32 Å². The van der Waals surface area contributed by atoms with Gasteiger partial charge in [0.15, 0.2) is 0 Å². The summed E-state index contributed by atoms with van der Waals surface area (Å²) in [5, 5.41) is 14.8. The SMILES string of the molecule is CN[C@H](c1ccc(Cl)c(Cl)c1)[C@@H](O)c1ccc(-c2cncc(F)c2)cc1. The van der Waals surface area contributed by atoms with Gasteiger partial charge < -0.3 is 10.4 Å². The van der Waals surface area contributed by atoms with Gasteiger partial charge >= 0.3 is 0 Å². The summed E-state index contributed by atoms with van der Waals surface area (Å²) < 4.78 is 13.3. The summed E-state index contributed by atoms with van der Waals surface area (Å²) in [5.74, 6) is -0.388. The van der Waals surface area contributed by atoms with Crippen LogP contribution in [0.5, 0.6) is 0 Å². The van der Waals surface area contributed by atoms with E-state index in [-0.39, 0.29) is 11.9 Å². The van der Waals surface area contributed by atoms with Crippen LogP contribution in [-0.2, 0) is 0 Å². The maximum atomic E-state index is 13.3. The fourth-order valence-corrected chi connectivity index (χ4v) is 3.15. The average molecular weight is 391 g/mol. The molecule has 0 aliphatic heterocycles. The zero-order valence-electron chi connectivity index (χ0n) is 14.0. The Hall–Kier alpha value is -1.98. The molecule has 0 bridgehead atoms. The molecule has 2 atom stereocenters. The molecule has 0 spiro atoms. The van der Waals surface area contributed by atoms with Gasteiger partial charge in [-0.05, 0) is 41.9 Å². The summed E-state index contributed by atoms with van der Waals surface area (Å²) in [5.41, 5.74) is 3.06. The minimum atomic E-state index is -0.795. The Kier molecular flexibility index (Phi) is 5.89. The molecule has 26 heavy (non-hydrogen) atoms. The monoisotopic (exact) mass is 390 g/mol. The van der Waals surface area contributed by atoms with Gasteiger partial charge in [-0.15, -0.1) is 0 Å². The lowest BCUT2D eigenvalue weighted by molar-refractivity contribution is 0.133. The van der Waals surface area contributed by atoms with Crippen LogP contribution in [0.3, 0.4) is 0 Å². The molecule has 0 radical (unpaired) electrons. The van der Waals surface area contributed by atoms with Gasteiger partial charge in [-0.1, -0.05) is 53.5 Å². The molecule has 0 aliphatic carbocycles. The van der Waals surface area contributed by atoms with E-state index < -0.39 is 6.10 Å². The molecule has 1 aromatic heterocycles. The lowest BCUT2D eigenvalue weighted by Crippen LogP contribution is -2.23. The predicted octanol–water partition coefficient (Wildman–Crippen LogP) is 5.19. The molecule has 134 valence electrons. The van der Waals surface area contributed by atoms with Gasteiger partial charge in [-0.2, -0.15) is 0 Å². The van der Waals surface area contributed by atoms with Crippen molar-refractivity contribution in [2.45, 2.75) is 12.1 Å². The number of nitrogens with one attached hydrogen (secondary N) is 1. The van der Waals surface area contributed by atoms with E-state index in [0.29, 0.717) is 15.6 Å². The number of aliphatic hydroxyl groups is 1. The van der Waals surface area contributed by atoms with Gasteiger partial charge in [-0.3, -0.25) is 4.98 Å². The fourth-order valence-electron chi connectivity index (χ4n) is 2.85. The number of hydrogen-bond acceptors (Lipinski definition) is 3. The highest BCUT2D eigenvalue weighted by molar-refractivity contribution is 6.42. The molecule has 6 heteroatoms. The van der Waals surface area contributed by atoms with Crippen molar-refractivity contribution < 1.29 is 9.50 Å². The smallest absolute Gasteiger partial charge is 0.142 e. The third kappa shape index (κ3) is 4.05. The zero-order valence-corrected chi connectivity index (χ0v) is 15.5. The number of likely N-dealkylation sites (N-methyl/N-ethyl adjacent to an activating group) is 1. The molecule has 2 aromatic carbocycles. The lowest BCUT2D eigenvalue weighted by atomic mass is 9.94. The van der Waals surface area contributed by atoms with Gasteiger partial charge in [-0.25, -0.2) is 4.39 Å². The number of aromatic nitrogens is 1. The number of halogens is 3. The summed E-state index contributed by atoms with van der Waals surface area (Å²) in [6.07, 6.45) is 1.97. The number of pyridine rings is 1. The van der Waals surface area contributed by atoms with Crippen molar-refractivity contribution >= 4 is 23.2 Å². The molecule has 0 saturated carbocycles. The second-order valence-electron chi connectivity index (χ2n) is 5.90. The standard InChI is InChI=1S/C20H17Cl2FN2O/c1-24-19(14-6-7-17(21)18(22)9-14)20(26)13-4-2-12(3-5-13)15-8-16(23)11-25-10-15/h2-11,19-20,24,26H,1H3/t19-,20+/m1/s1. The highest BCUT2D eigenvalue weighted by Gasteiger charge is 2.22. The summed E-state index contributed by atoms with van der Waals surface area (Å²) >= 11 is 12.1. The van der Waals surface area contributed by atoms with E-state index in [9.17, 15) is 9.50 Å². The van der Waals surface area contributed by atoms with Crippen molar-refractivity contribution in [3.05, 3.63) is 87.9 Å². The topological polar surface area (TPSA) is 45.1 Å². The third-order valence-electron chi connectivity index (χ3n) is 4.22. The summed E-state index contributed by atoms with van der Waals surface area (Å²) in [6, 6.07) is 13.6. The van der Waals surface area contributed by atoms with Gasteiger partial charge in [0.1, 0.15) is 5.82 Å². The highest BCUT2D eigenvalue weighted by Crippen LogP contribution is 2.33. The Balaban J connectivity index is 1.86. The largest absolute Gasteiger partial charge is 0.386 e. The lowest BCUT2D eigenvalue weighted by Gasteiger charge is -2.24. The molecule has 0 fully saturated rings. The van der Waals surface area contributed by atoms with Crippen molar-refractivity contribution in [1.82, 2.24) is 10.3 Å². The summed E-state index contributed by atoms with van der Waals surface area (Å²) in [7, 11) is 1.77. The van der Waals surface area contributed by atoms with Crippen LogP contribution in [0.4, 0.5) is 4.39 Å². The van der Waals surface area contributed by atoms with E-state index in [1.54, 1.807) is 25.4 Å². The van der Waals surface area contributed by atoms with Crippen molar-refractivity contribution in [3.8, 4) is 11.1 Å². The maximum Gasteiger partial charge on any atom is 0.142 e. The number of aliphatic hydroxyl groups excluding tert-OH is 1. The van der Waals surface area contributed by atoms with Gasteiger partial charge in [0.25, 0.3) is 0 Å². The summed E-state index contributed by atoms with van der Waals surface area (Å²) in [4.78, 5) is 3.86. The van der Waals surface area contributed by atoms with E-state index in [1.165, 1.54) is 6.07 Å². The molecule has 0 amide bonds. The number of rotatable bonds is 5. The van der Waals surface area contributed by atoms with Gasteiger partial charge in [0, 0.05) is 11.8 Å². The first-order valence-corrected chi connectivity index (χ1v) is 8.76. The predicted molar refractivity (Wildman–Crippen MR) is 103 cm³/mol. The van der Waals surface area contributed by atoms with Crippen molar-refractivity contribution in [2.75, 3.05) is 7.05 Å². The van der Waals surface area contributed by atoms with Crippen LogP contribution in [0.25, 0.3) is 11.1 Å². The second kappa shape index (κ2) is 8.14. The zero-order chi connectivity index (χ0) is 18.7. The van der Waals surface area contributed by atoms with E-state index in [1.807, 2.05) is 30.3 Å². The van der Waals surface area contributed by atoms with Crippen LogP contribution >= 0.6 is 23.2 Å². The fraction of sp³-hybridized carbons (Fsp3) is 0.150. The van der Waals surface area contributed by atoms with Gasteiger partial charge in [0.05, 0.1) is 28.4 Å². The molecule has 2 N–H and O–H groups in total. The first kappa shape index (κ1) is 18.8. The number of benzene rings is 2. The molecule has 3 rings (SSSR count). The van der Waals surface area contributed by atoms with Crippen molar-refractivity contribution in [3.63, 3.8) is 0 Å². The minimum absolute atomic E-state index is 0.355. The second-order valence-corrected chi connectivity index (χ2v) is 6.71. The molecule has 0 unspecified atom stereocenters. The maximum absolute atomic E-state index is 13.3. The Bertz CT molecular complexity index is 903. The van der Waals surface area contributed by atoms with Crippen molar-refractivity contribution in [2.24, 2.45) is 0 Å². The summed E-state index contributed by atoms with van der Waals surface area (Å²) in [6.45, 7) is 0. The van der Waals surface area contributed by atoms with E-state index >= 15 is 0 Å². The molecular formula is C20H17Cl2FN2O. The Labute approximate surface area is 161 Å². The van der Waals surface area contributed by atoms with Crippen LogP contribution in [0.2, 0.25) is 10.0 Å². The third-order valence-corrected chi connectivity index (χ3v) is 4.96. The van der Waals surface area contributed by atoms with E-state index in [2.05, 4.69) is 10.3 Å². The van der Waals surface area contributed by atoms with Crippen LogP contribution in [0.15, 0.2) is 60.9 Å². The number of hydrogen-bond donors (Lipinski definition) is 2. The normalized spacial score (nSPS) is 13.4. The van der Waals surface area contributed by atoms with Crippen LogP contribution in [0, 0.1) is 5.82 Å². The molecule has 3 nitrogen and oxygen atoms in total. The van der Waals surface area contributed by atoms with Crippen LogP contribution in [0.1, 0.15) is 23.3 Å². The molecular weight excluding hydrogens is 374 g/mol. The first-order chi connectivity index (χ1) is 12.5. The highest BCUT2D eigenvalue weighted by atomic mass is 35.5. The van der Waals surface area contributed by atoms with Gasteiger partial charge in [0.2, 0.25) is 0 Å². The van der Waals surface area contributed by atoms with E-state index in [0.717, 1.165) is 22.9 Å². The molecule has 3 aromatic rings. The number of nitrogens with zero attached hydrogens (tertiary/aromatic N) is 1. The first-order valence-electron chi connectivity index (χ1n) is 8.01. The Morgan fingerprint density at radius 2 is 1.62 bits per heavy atom. The molecule has 1 heterocycles.